The topological polar surface area (TPSA) is 83.1 Å². The molecule has 0 saturated carbocycles. The second kappa shape index (κ2) is 14.2. The van der Waals surface area contributed by atoms with E-state index in [4.69, 9.17) is 9.47 Å². The Kier molecular flexibility index (Phi) is 10.0. The number of rotatable bonds is 10. The maximum atomic E-state index is 12.6. The zero-order valence-corrected chi connectivity index (χ0v) is 24.1. The van der Waals surface area contributed by atoms with Gasteiger partial charge in [-0.15, -0.1) is 0 Å². The van der Waals surface area contributed by atoms with Crippen LogP contribution in [0.25, 0.3) is 0 Å². The molecule has 4 atom stereocenters. The van der Waals surface area contributed by atoms with Crippen molar-refractivity contribution in [1.82, 2.24) is 10.2 Å². The Labute approximate surface area is 248 Å². The molecule has 7 nitrogen and oxygen atoms in total. The molecular formula is C35H39N3O4. The summed E-state index contributed by atoms with van der Waals surface area (Å²) < 4.78 is 13.1. The first-order chi connectivity index (χ1) is 20.5. The average Bonchev–Trinajstić information content (AvgIpc) is 3.04. The van der Waals surface area contributed by atoms with Crippen molar-refractivity contribution >= 4 is 11.7 Å². The van der Waals surface area contributed by atoms with Crippen LogP contribution in [0.2, 0.25) is 0 Å². The normalized spacial score (nSPS) is 19.3. The zero-order chi connectivity index (χ0) is 29.3. The summed E-state index contributed by atoms with van der Waals surface area (Å²) in [5.74, 6) is 0. The zero-order valence-electron chi connectivity index (χ0n) is 24.1. The van der Waals surface area contributed by atoms with Crippen LogP contribution in [0.5, 0.6) is 0 Å². The van der Waals surface area contributed by atoms with Crippen LogP contribution in [0, 0.1) is 0 Å². The predicted octanol–water partition coefficient (Wildman–Crippen LogP) is 6.74. The molecule has 1 saturated heterocycles. The van der Waals surface area contributed by atoms with Crippen LogP contribution in [0.15, 0.2) is 109 Å². The molecule has 3 N–H and O–H groups in total. The lowest BCUT2D eigenvalue weighted by atomic mass is 9.99. The van der Waals surface area contributed by atoms with Crippen LogP contribution in [-0.4, -0.2) is 35.7 Å². The van der Waals surface area contributed by atoms with Gasteiger partial charge in [-0.1, -0.05) is 97.1 Å². The lowest BCUT2D eigenvalue weighted by Crippen LogP contribution is -2.38. The fourth-order valence-corrected chi connectivity index (χ4v) is 5.21. The van der Waals surface area contributed by atoms with Gasteiger partial charge in [0.15, 0.2) is 6.29 Å². The highest BCUT2D eigenvalue weighted by Crippen LogP contribution is 2.39. The summed E-state index contributed by atoms with van der Waals surface area (Å²) in [6, 6.07) is 35.7. The molecule has 0 bridgehead atoms. The third-order valence-electron chi connectivity index (χ3n) is 7.76. The molecule has 4 aromatic rings. The van der Waals surface area contributed by atoms with E-state index >= 15 is 0 Å². The van der Waals surface area contributed by atoms with E-state index < -0.39 is 6.29 Å². The molecule has 0 aromatic heterocycles. The Morgan fingerprint density at radius 2 is 1.60 bits per heavy atom. The van der Waals surface area contributed by atoms with Crippen molar-refractivity contribution < 1.29 is 19.4 Å². The quantitative estimate of drug-likeness (QED) is 0.198. The molecule has 4 aromatic carbocycles. The van der Waals surface area contributed by atoms with Gasteiger partial charge in [-0.2, -0.15) is 0 Å². The van der Waals surface area contributed by atoms with Gasteiger partial charge < -0.3 is 25.2 Å². The number of hydrogen-bond acceptors (Lipinski definition) is 5. The molecule has 0 radical (unpaired) electrons. The molecule has 1 heterocycles. The maximum Gasteiger partial charge on any atom is 0.319 e. The minimum Gasteiger partial charge on any atom is -0.392 e. The van der Waals surface area contributed by atoms with Gasteiger partial charge in [0.25, 0.3) is 0 Å². The molecule has 0 aliphatic carbocycles. The van der Waals surface area contributed by atoms with Crippen molar-refractivity contribution in [3.05, 3.63) is 137 Å². The number of amides is 2. The van der Waals surface area contributed by atoms with Gasteiger partial charge in [0.1, 0.15) is 0 Å². The summed E-state index contributed by atoms with van der Waals surface area (Å²) in [7, 11) is 2.12. The molecule has 7 heteroatoms. The molecule has 0 unspecified atom stereocenters. The average molecular weight is 566 g/mol. The number of carbonyl (C=O) groups is 1. The second-order valence-corrected chi connectivity index (χ2v) is 10.8. The molecule has 42 heavy (non-hydrogen) atoms. The number of aliphatic hydroxyl groups is 1. The van der Waals surface area contributed by atoms with Crippen molar-refractivity contribution in [3.63, 3.8) is 0 Å². The third-order valence-corrected chi connectivity index (χ3v) is 7.76. The number of ether oxygens (including phenoxy) is 2. The molecule has 218 valence electrons. The van der Waals surface area contributed by atoms with E-state index in [0.717, 1.165) is 28.8 Å². The summed E-state index contributed by atoms with van der Waals surface area (Å²) in [4.78, 5) is 14.9. The fraction of sp³-hybridized carbons (Fsp3) is 0.286. The van der Waals surface area contributed by atoms with Gasteiger partial charge in [0.05, 0.1) is 18.8 Å². The van der Waals surface area contributed by atoms with E-state index in [2.05, 4.69) is 53.8 Å². The molecule has 2 amide bonds. The number of benzene rings is 4. The number of anilines is 1. The number of nitrogens with one attached hydrogen (secondary N) is 2. The molecule has 5 rings (SSSR count). The van der Waals surface area contributed by atoms with Crippen molar-refractivity contribution in [1.29, 1.82) is 0 Å². The summed E-state index contributed by atoms with van der Waals surface area (Å²) in [5, 5.41) is 15.3. The number of likely N-dealkylation sites (N-methyl/N-ethyl adjacent to an activating group) is 1. The van der Waals surface area contributed by atoms with Crippen LogP contribution < -0.4 is 10.6 Å². The molecule has 1 aliphatic heterocycles. The van der Waals surface area contributed by atoms with E-state index in [0.29, 0.717) is 18.7 Å². The van der Waals surface area contributed by atoms with E-state index in [9.17, 15) is 9.90 Å². The van der Waals surface area contributed by atoms with Crippen molar-refractivity contribution in [3.8, 4) is 0 Å². The number of aliphatic hydroxyl groups excluding tert-OH is 1. The summed E-state index contributed by atoms with van der Waals surface area (Å²) in [5.41, 5.74) is 5.67. The Balaban J connectivity index is 1.30. The number of carbonyl (C=O) groups excluding carboxylic acids is 1. The van der Waals surface area contributed by atoms with E-state index in [-0.39, 0.29) is 30.9 Å². The van der Waals surface area contributed by atoms with E-state index in [1.54, 1.807) is 0 Å². The number of nitrogens with zero attached hydrogens (tertiary/aromatic N) is 1. The summed E-state index contributed by atoms with van der Waals surface area (Å²) >= 11 is 0. The molecule has 1 aliphatic rings. The van der Waals surface area contributed by atoms with Gasteiger partial charge in [-0.3, -0.25) is 4.90 Å². The van der Waals surface area contributed by atoms with Crippen LogP contribution in [0.4, 0.5) is 10.5 Å². The van der Waals surface area contributed by atoms with Crippen LogP contribution >= 0.6 is 0 Å². The Bertz CT molecular complexity index is 1420. The Morgan fingerprint density at radius 3 is 2.31 bits per heavy atom. The highest BCUT2D eigenvalue weighted by atomic mass is 16.7. The van der Waals surface area contributed by atoms with Gasteiger partial charge in [0.2, 0.25) is 0 Å². The fourth-order valence-electron chi connectivity index (χ4n) is 5.21. The van der Waals surface area contributed by atoms with Crippen molar-refractivity contribution in [2.24, 2.45) is 0 Å². The molecular weight excluding hydrogens is 526 g/mol. The lowest BCUT2D eigenvalue weighted by molar-refractivity contribution is -0.253. The highest BCUT2D eigenvalue weighted by molar-refractivity contribution is 5.89. The van der Waals surface area contributed by atoms with Crippen LogP contribution in [0.1, 0.15) is 59.6 Å². The van der Waals surface area contributed by atoms with Crippen molar-refractivity contribution in [2.75, 3.05) is 18.9 Å². The SMILES string of the molecule is C[C@@H](c1ccccc1)N(C)C[C@H]1C[C@@H](c2ccc(CO)cc2)O[C@@H](c2cccc(NC(=O)NCc3ccccc3)c2)O1. The van der Waals surface area contributed by atoms with E-state index in [1.165, 1.54) is 5.56 Å². The standard InChI is InChI=1S/C35H39N3O4/c1-25(28-12-7-4-8-13-28)38(2)23-32-21-33(29-18-16-27(24-39)17-19-29)42-34(41-32)30-14-9-15-31(20-30)37-35(40)36-22-26-10-5-3-6-11-26/h3-20,25,32-34,39H,21-24H2,1-2H3,(H2,36,37,40)/t25-,32+,33-,34-/m0/s1. The van der Waals surface area contributed by atoms with Crippen LogP contribution in [0.3, 0.4) is 0 Å². The van der Waals surface area contributed by atoms with Crippen LogP contribution in [-0.2, 0) is 22.6 Å². The number of urea groups is 1. The largest absolute Gasteiger partial charge is 0.392 e. The lowest BCUT2D eigenvalue weighted by Gasteiger charge is -2.39. The summed E-state index contributed by atoms with van der Waals surface area (Å²) in [6.45, 7) is 3.37. The Hall–Kier alpha value is -4.01. The van der Waals surface area contributed by atoms with E-state index in [1.807, 2.05) is 84.9 Å². The van der Waals surface area contributed by atoms with Gasteiger partial charge in [-0.05, 0) is 48.4 Å². The molecule has 0 spiro atoms. The predicted molar refractivity (Wildman–Crippen MR) is 165 cm³/mol. The van der Waals surface area contributed by atoms with Crippen molar-refractivity contribution in [2.45, 2.75) is 51.0 Å². The third kappa shape index (κ3) is 7.84. The maximum absolute atomic E-state index is 12.6. The first kappa shape index (κ1) is 29.5. The minimum absolute atomic E-state index is 0.00104. The van der Waals surface area contributed by atoms with Gasteiger partial charge >= 0.3 is 6.03 Å². The number of hydrogen-bond donors (Lipinski definition) is 3. The van der Waals surface area contributed by atoms with Gasteiger partial charge in [-0.25, -0.2) is 4.79 Å². The smallest absolute Gasteiger partial charge is 0.319 e. The monoisotopic (exact) mass is 565 g/mol. The first-order valence-electron chi connectivity index (χ1n) is 14.4. The van der Waals surface area contributed by atoms with Gasteiger partial charge in [0, 0.05) is 36.8 Å². The minimum atomic E-state index is -0.610. The molecule has 1 fully saturated rings. The second-order valence-electron chi connectivity index (χ2n) is 10.8. The highest BCUT2D eigenvalue weighted by Gasteiger charge is 2.33. The first-order valence-corrected chi connectivity index (χ1v) is 14.4. The summed E-state index contributed by atoms with van der Waals surface area (Å²) in [6.07, 6.45) is -0.192. The Morgan fingerprint density at radius 1 is 0.881 bits per heavy atom.